The van der Waals surface area contributed by atoms with Crippen LogP contribution in [0.25, 0.3) is 11.1 Å². The van der Waals surface area contributed by atoms with Crippen LogP contribution >= 0.6 is 0 Å². The number of rotatable bonds is 5. The predicted octanol–water partition coefficient (Wildman–Crippen LogP) is 6.70. The molecule has 0 saturated carbocycles. The molecule has 0 amide bonds. The van der Waals surface area contributed by atoms with E-state index in [1.807, 2.05) is 18.2 Å². The molecule has 1 heteroatoms. The zero-order valence-corrected chi connectivity index (χ0v) is 16.4. The Kier molecular flexibility index (Phi) is 4.75. The first-order valence-corrected chi connectivity index (χ1v) is 9.57. The van der Waals surface area contributed by atoms with Crippen LogP contribution in [0.3, 0.4) is 0 Å². The first-order chi connectivity index (χ1) is 13.8. The Bertz CT molecular complexity index is 1020. The summed E-state index contributed by atoms with van der Waals surface area (Å²) < 4.78 is 5.41. The summed E-state index contributed by atoms with van der Waals surface area (Å²) in [5.74, 6) is 0.860. The standard InChI is InChI=1S/C27H24O/c1-4-10-20(11-5-2)27(21-16-18-22(28-3)19-17-21)25-14-8-6-12-23(25)24-13-7-9-15-26(24)27/h4-19H,1H2,2-3H3/b11-5-,20-10+. The van der Waals surface area contributed by atoms with E-state index in [9.17, 15) is 0 Å². The minimum Gasteiger partial charge on any atom is -0.497 e. The highest BCUT2D eigenvalue weighted by molar-refractivity contribution is 5.86. The molecule has 0 aliphatic heterocycles. The molecule has 0 saturated heterocycles. The smallest absolute Gasteiger partial charge is 0.118 e. The van der Waals surface area contributed by atoms with Crippen molar-refractivity contribution in [2.24, 2.45) is 0 Å². The van der Waals surface area contributed by atoms with Gasteiger partial charge in [0.2, 0.25) is 0 Å². The lowest BCUT2D eigenvalue weighted by Gasteiger charge is -2.34. The Hall–Kier alpha value is -3.32. The van der Waals surface area contributed by atoms with Crippen molar-refractivity contribution in [3.8, 4) is 16.9 Å². The fraction of sp³-hybridized carbons (Fsp3) is 0.111. The SMILES string of the molecule is C=C/C=C(\C=C/C)C1(c2ccc(OC)cc2)c2ccccc2-c2ccccc21. The molecule has 0 aromatic heterocycles. The van der Waals surface area contributed by atoms with Crippen LogP contribution in [0, 0.1) is 0 Å². The summed E-state index contributed by atoms with van der Waals surface area (Å²) in [7, 11) is 1.70. The van der Waals surface area contributed by atoms with E-state index in [-0.39, 0.29) is 5.41 Å². The van der Waals surface area contributed by atoms with Gasteiger partial charge in [0, 0.05) is 0 Å². The van der Waals surface area contributed by atoms with E-state index in [4.69, 9.17) is 4.74 Å². The van der Waals surface area contributed by atoms with Crippen molar-refractivity contribution in [1.82, 2.24) is 0 Å². The van der Waals surface area contributed by atoms with Crippen molar-refractivity contribution >= 4 is 0 Å². The number of methoxy groups -OCH3 is 1. The Balaban J connectivity index is 2.15. The largest absolute Gasteiger partial charge is 0.497 e. The molecule has 0 unspecified atom stereocenters. The molecule has 1 nitrogen and oxygen atoms in total. The van der Waals surface area contributed by atoms with Crippen LogP contribution in [0.2, 0.25) is 0 Å². The van der Waals surface area contributed by atoms with Crippen molar-refractivity contribution in [3.05, 3.63) is 126 Å². The van der Waals surface area contributed by atoms with Gasteiger partial charge in [0.15, 0.2) is 0 Å². The van der Waals surface area contributed by atoms with E-state index < -0.39 is 0 Å². The molecule has 3 aromatic carbocycles. The zero-order chi connectivity index (χ0) is 19.6. The summed E-state index contributed by atoms with van der Waals surface area (Å²) in [5, 5.41) is 0. The minimum absolute atomic E-state index is 0.389. The molecular weight excluding hydrogens is 340 g/mol. The van der Waals surface area contributed by atoms with Gasteiger partial charge in [0.25, 0.3) is 0 Å². The third-order valence-electron chi connectivity index (χ3n) is 5.55. The zero-order valence-electron chi connectivity index (χ0n) is 16.4. The number of ether oxygens (including phenoxy) is 1. The molecule has 1 aliphatic carbocycles. The van der Waals surface area contributed by atoms with Crippen LogP contribution in [-0.2, 0) is 5.41 Å². The second kappa shape index (κ2) is 7.36. The highest BCUT2D eigenvalue weighted by atomic mass is 16.5. The Morgan fingerprint density at radius 2 is 1.43 bits per heavy atom. The maximum atomic E-state index is 5.41. The van der Waals surface area contributed by atoms with E-state index in [0.29, 0.717) is 0 Å². The van der Waals surface area contributed by atoms with Gasteiger partial charge in [0.05, 0.1) is 12.5 Å². The summed E-state index contributed by atoms with van der Waals surface area (Å²) in [6.07, 6.45) is 8.31. The fourth-order valence-corrected chi connectivity index (χ4v) is 4.48. The Morgan fingerprint density at radius 1 is 0.857 bits per heavy atom. The lowest BCUT2D eigenvalue weighted by Crippen LogP contribution is -2.29. The predicted molar refractivity (Wildman–Crippen MR) is 118 cm³/mol. The second-order valence-electron chi connectivity index (χ2n) is 6.93. The van der Waals surface area contributed by atoms with E-state index >= 15 is 0 Å². The number of benzene rings is 3. The van der Waals surface area contributed by atoms with Gasteiger partial charge >= 0.3 is 0 Å². The lowest BCUT2D eigenvalue weighted by atomic mass is 9.67. The fourth-order valence-electron chi connectivity index (χ4n) is 4.48. The van der Waals surface area contributed by atoms with Crippen molar-refractivity contribution in [3.63, 3.8) is 0 Å². The van der Waals surface area contributed by atoms with Crippen LogP contribution in [0.15, 0.2) is 109 Å². The van der Waals surface area contributed by atoms with Crippen LogP contribution in [-0.4, -0.2) is 7.11 Å². The van der Waals surface area contributed by atoms with Crippen molar-refractivity contribution in [2.45, 2.75) is 12.3 Å². The average Bonchev–Trinajstić information content (AvgIpc) is 3.05. The molecule has 0 bridgehead atoms. The Morgan fingerprint density at radius 3 is 1.93 bits per heavy atom. The second-order valence-corrected chi connectivity index (χ2v) is 6.93. The third-order valence-corrected chi connectivity index (χ3v) is 5.55. The molecule has 0 N–H and O–H groups in total. The van der Waals surface area contributed by atoms with Gasteiger partial charge in [-0.3, -0.25) is 0 Å². The van der Waals surface area contributed by atoms with Crippen molar-refractivity contribution in [1.29, 1.82) is 0 Å². The van der Waals surface area contributed by atoms with Crippen LogP contribution in [0.5, 0.6) is 5.75 Å². The van der Waals surface area contributed by atoms with Gasteiger partial charge in [-0.1, -0.05) is 91.5 Å². The molecule has 0 spiro atoms. The quantitative estimate of drug-likeness (QED) is 0.458. The monoisotopic (exact) mass is 364 g/mol. The first-order valence-electron chi connectivity index (χ1n) is 9.57. The summed E-state index contributed by atoms with van der Waals surface area (Å²) >= 11 is 0. The van der Waals surface area contributed by atoms with E-state index in [1.165, 1.54) is 33.4 Å². The molecule has 4 rings (SSSR count). The Labute approximate surface area is 167 Å². The van der Waals surface area contributed by atoms with Crippen molar-refractivity contribution < 1.29 is 4.74 Å². The van der Waals surface area contributed by atoms with Crippen LogP contribution in [0.4, 0.5) is 0 Å². The topological polar surface area (TPSA) is 9.23 Å². The molecule has 28 heavy (non-hydrogen) atoms. The molecule has 0 radical (unpaired) electrons. The van der Waals surface area contributed by atoms with Gasteiger partial charge in [-0.05, 0) is 52.4 Å². The number of hydrogen-bond donors (Lipinski definition) is 0. The highest BCUT2D eigenvalue weighted by Gasteiger charge is 2.46. The normalized spacial score (nSPS) is 14.6. The van der Waals surface area contributed by atoms with E-state index in [1.54, 1.807) is 7.11 Å². The van der Waals surface area contributed by atoms with Gasteiger partial charge in [-0.15, -0.1) is 0 Å². The minimum atomic E-state index is -0.389. The van der Waals surface area contributed by atoms with Gasteiger partial charge in [0.1, 0.15) is 5.75 Å². The molecule has 0 atom stereocenters. The third kappa shape index (κ3) is 2.55. The molecule has 3 aromatic rings. The lowest BCUT2D eigenvalue weighted by molar-refractivity contribution is 0.414. The maximum absolute atomic E-state index is 5.41. The number of allylic oxidation sites excluding steroid dienone is 5. The molecule has 0 fully saturated rings. The summed E-state index contributed by atoms with van der Waals surface area (Å²) in [4.78, 5) is 0. The molecular formula is C27H24O. The molecule has 138 valence electrons. The van der Waals surface area contributed by atoms with E-state index in [0.717, 1.165) is 5.75 Å². The average molecular weight is 364 g/mol. The highest BCUT2D eigenvalue weighted by Crippen LogP contribution is 2.56. The maximum Gasteiger partial charge on any atom is 0.118 e. The van der Waals surface area contributed by atoms with E-state index in [2.05, 4.69) is 92.4 Å². The summed E-state index contributed by atoms with van der Waals surface area (Å²) in [6.45, 7) is 6.05. The number of fused-ring (bicyclic) bond motifs is 3. The summed E-state index contributed by atoms with van der Waals surface area (Å²) in [5.41, 5.74) is 7.20. The molecule has 1 aliphatic rings. The van der Waals surface area contributed by atoms with Gasteiger partial charge in [-0.25, -0.2) is 0 Å². The van der Waals surface area contributed by atoms with Crippen molar-refractivity contribution in [2.75, 3.05) is 7.11 Å². The molecule has 0 heterocycles. The van der Waals surface area contributed by atoms with Crippen LogP contribution < -0.4 is 4.74 Å². The van der Waals surface area contributed by atoms with Crippen LogP contribution in [0.1, 0.15) is 23.6 Å². The number of hydrogen-bond acceptors (Lipinski definition) is 1. The van der Waals surface area contributed by atoms with Gasteiger partial charge < -0.3 is 4.74 Å². The van der Waals surface area contributed by atoms with Gasteiger partial charge in [-0.2, -0.15) is 0 Å². The first kappa shape index (κ1) is 18.1. The summed E-state index contributed by atoms with van der Waals surface area (Å²) in [6, 6.07) is 25.9.